The molecule has 1 saturated carbocycles. The zero-order valence-electron chi connectivity index (χ0n) is 9.22. The lowest BCUT2D eigenvalue weighted by atomic mass is 9.98. The second kappa shape index (κ2) is 5.66. The first-order chi connectivity index (χ1) is 7.86. The van der Waals surface area contributed by atoms with Crippen molar-refractivity contribution in [3.8, 4) is 0 Å². The smallest absolute Gasteiger partial charge is 0.293 e. The number of carbonyl (C=O) groups excluding carboxylic acids is 1. The third-order valence-electron chi connectivity index (χ3n) is 2.82. The summed E-state index contributed by atoms with van der Waals surface area (Å²) in [4.78, 5) is 21.5. The fraction of sp³-hybridized carbons (Fsp3) is 0.462. The van der Waals surface area contributed by atoms with Gasteiger partial charge in [0.15, 0.2) is 0 Å². The molecule has 1 aromatic carbocycles. The van der Waals surface area contributed by atoms with E-state index in [1.54, 1.807) is 24.3 Å². The van der Waals surface area contributed by atoms with E-state index >= 15 is 0 Å². The van der Waals surface area contributed by atoms with Crippen molar-refractivity contribution in [2.24, 2.45) is 0 Å². The number of rotatable bonds is 3. The van der Waals surface area contributed by atoms with Crippen molar-refractivity contribution in [1.82, 2.24) is 0 Å². The monoisotopic (exact) mass is 220 g/mol. The van der Waals surface area contributed by atoms with Crippen LogP contribution < -0.4 is 0 Å². The zero-order chi connectivity index (χ0) is 11.2. The number of hydrogen-bond acceptors (Lipinski definition) is 3. The van der Waals surface area contributed by atoms with E-state index in [1.807, 2.05) is 6.07 Å². The molecule has 0 amide bonds. The Kier molecular flexibility index (Phi) is 3.94. The summed E-state index contributed by atoms with van der Waals surface area (Å²) in [5.41, 5.74) is 0.526. The van der Waals surface area contributed by atoms with Crippen molar-refractivity contribution < 1.29 is 14.6 Å². The van der Waals surface area contributed by atoms with Crippen LogP contribution in [-0.2, 0) is 9.78 Å². The molecule has 0 saturated heterocycles. The van der Waals surface area contributed by atoms with Crippen molar-refractivity contribution in [2.45, 2.75) is 38.2 Å². The molecule has 0 unspecified atom stereocenters. The predicted octanol–water partition coefficient (Wildman–Crippen LogP) is 3.11. The highest BCUT2D eigenvalue weighted by Gasteiger charge is 2.17. The van der Waals surface area contributed by atoms with Gasteiger partial charge in [0, 0.05) is 0 Å². The Hall–Kier alpha value is -1.35. The van der Waals surface area contributed by atoms with Gasteiger partial charge in [-0.05, 0) is 25.0 Å². The Morgan fingerprint density at radius 2 is 1.75 bits per heavy atom. The van der Waals surface area contributed by atoms with Crippen molar-refractivity contribution in [3.63, 3.8) is 0 Å². The van der Waals surface area contributed by atoms with E-state index in [9.17, 15) is 4.79 Å². The summed E-state index contributed by atoms with van der Waals surface area (Å²) in [6.07, 6.45) is 5.64. The fourth-order valence-electron chi connectivity index (χ4n) is 1.90. The summed E-state index contributed by atoms with van der Waals surface area (Å²) < 4.78 is 0. The second-order valence-corrected chi connectivity index (χ2v) is 4.09. The van der Waals surface area contributed by atoms with E-state index in [1.165, 1.54) is 6.42 Å². The van der Waals surface area contributed by atoms with Gasteiger partial charge in [-0.15, -0.1) is 0 Å². The molecule has 1 aliphatic carbocycles. The topological polar surface area (TPSA) is 35.5 Å². The van der Waals surface area contributed by atoms with E-state index < -0.39 is 5.97 Å². The summed E-state index contributed by atoms with van der Waals surface area (Å²) in [5, 5.41) is 0. The molecule has 0 atom stereocenters. The maximum atomic E-state index is 11.5. The Bertz CT molecular complexity index is 328. The maximum absolute atomic E-state index is 11.5. The van der Waals surface area contributed by atoms with Crippen LogP contribution in [0.3, 0.4) is 0 Å². The largest absolute Gasteiger partial charge is 0.373 e. The highest BCUT2D eigenvalue weighted by Crippen LogP contribution is 2.20. The summed E-state index contributed by atoms with van der Waals surface area (Å²) >= 11 is 0. The zero-order valence-corrected chi connectivity index (χ0v) is 9.22. The molecule has 1 aliphatic rings. The van der Waals surface area contributed by atoms with Crippen LogP contribution in [0.2, 0.25) is 0 Å². The van der Waals surface area contributed by atoms with Gasteiger partial charge >= 0.3 is 5.97 Å². The van der Waals surface area contributed by atoms with Crippen molar-refractivity contribution in [2.75, 3.05) is 0 Å². The van der Waals surface area contributed by atoms with Crippen molar-refractivity contribution in [3.05, 3.63) is 35.9 Å². The van der Waals surface area contributed by atoms with Gasteiger partial charge in [0.2, 0.25) is 0 Å². The molecule has 1 fully saturated rings. The number of hydrogen-bond donors (Lipinski definition) is 0. The van der Waals surface area contributed by atoms with Crippen LogP contribution in [-0.4, -0.2) is 12.1 Å². The molecule has 0 bridgehead atoms. The fourth-order valence-corrected chi connectivity index (χ4v) is 1.90. The Morgan fingerprint density at radius 1 is 1.06 bits per heavy atom. The van der Waals surface area contributed by atoms with Gasteiger partial charge < -0.3 is 0 Å². The predicted molar refractivity (Wildman–Crippen MR) is 59.8 cm³/mol. The molecule has 0 radical (unpaired) electrons. The first kappa shape index (κ1) is 11.1. The molecular weight excluding hydrogens is 204 g/mol. The molecule has 0 N–H and O–H groups in total. The molecule has 0 heterocycles. The average molecular weight is 220 g/mol. The van der Waals surface area contributed by atoms with Gasteiger partial charge in [0.1, 0.15) is 6.10 Å². The molecule has 3 nitrogen and oxygen atoms in total. The van der Waals surface area contributed by atoms with E-state index in [0.717, 1.165) is 25.7 Å². The van der Waals surface area contributed by atoms with Crippen molar-refractivity contribution >= 4 is 5.97 Å². The van der Waals surface area contributed by atoms with E-state index in [4.69, 9.17) is 9.78 Å². The first-order valence-electron chi connectivity index (χ1n) is 5.79. The summed E-state index contributed by atoms with van der Waals surface area (Å²) in [6, 6.07) is 8.90. The van der Waals surface area contributed by atoms with Crippen molar-refractivity contribution in [1.29, 1.82) is 0 Å². The maximum Gasteiger partial charge on any atom is 0.373 e. The van der Waals surface area contributed by atoms with E-state index in [2.05, 4.69) is 0 Å². The standard InChI is InChI=1S/C13H16O3/c14-13(11-7-3-1-4-8-11)16-15-12-9-5-2-6-10-12/h1,3-4,7-8,12H,2,5-6,9-10H2. The molecule has 16 heavy (non-hydrogen) atoms. The van der Waals surface area contributed by atoms with Crippen LogP contribution >= 0.6 is 0 Å². The van der Waals surface area contributed by atoms with Crippen LogP contribution in [0, 0.1) is 0 Å². The number of benzene rings is 1. The minimum absolute atomic E-state index is 0.0846. The first-order valence-corrected chi connectivity index (χ1v) is 5.79. The SMILES string of the molecule is O=C(OOC1CCCCC1)c1ccccc1. The third kappa shape index (κ3) is 3.07. The van der Waals surface area contributed by atoms with Gasteiger partial charge in [-0.25, -0.2) is 4.79 Å². The summed E-state index contributed by atoms with van der Waals surface area (Å²) in [5.74, 6) is -0.411. The third-order valence-corrected chi connectivity index (χ3v) is 2.82. The van der Waals surface area contributed by atoms with Gasteiger partial charge in [-0.3, -0.25) is 4.89 Å². The van der Waals surface area contributed by atoms with Crippen LogP contribution in [0.15, 0.2) is 30.3 Å². The lowest BCUT2D eigenvalue weighted by Crippen LogP contribution is -2.19. The van der Waals surface area contributed by atoms with Crippen LogP contribution in [0.1, 0.15) is 42.5 Å². The molecule has 1 aromatic rings. The minimum atomic E-state index is -0.411. The molecule has 86 valence electrons. The van der Waals surface area contributed by atoms with Gasteiger partial charge in [-0.2, -0.15) is 4.89 Å². The van der Waals surface area contributed by atoms with Crippen LogP contribution in [0.5, 0.6) is 0 Å². The summed E-state index contributed by atoms with van der Waals surface area (Å²) in [6.45, 7) is 0. The lowest BCUT2D eigenvalue weighted by Gasteiger charge is -2.19. The highest BCUT2D eigenvalue weighted by atomic mass is 17.2. The molecular formula is C13H16O3. The quantitative estimate of drug-likeness (QED) is 0.580. The minimum Gasteiger partial charge on any atom is -0.293 e. The Morgan fingerprint density at radius 3 is 2.44 bits per heavy atom. The molecule has 0 aliphatic heterocycles. The Labute approximate surface area is 95.3 Å². The highest BCUT2D eigenvalue weighted by molar-refractivity contribution is 5.88. The van der Waals surface area contributed by atoms with Crippen LogP contribution in [0.25, 0.3) is 0 Å². The van der Waals surface area contributed by atoms with Gasteiger partial charge in [0.25, 0.3) is 0 Å². The Balaban J connectivity index is 1.79. The summed E-state index contributed by atoms with van der Waals surface area (Å²) in [7, 11) is 0. The van der Waals surface area contributed by atoms with Gasteiger partial charge in [0.05, 0.1) is 5.56 Å². The second-order valence-electron chi connectivity index (χ2n) is 4.09. The average Bonchev–Trinajstić information content (AvgIpc) is 2.38. The van der Waals surface area contributed by atoms with Gasteiger partial charge in [-0.1, -0.05) is 37.5 Å². The lowest BCUT2D eigenvalue weighted by molar-refractivity contribution is -0.279. The van der Waals surface area contributed by atoms with E-state index in [-0.39, 0.29) is 6.10 Å². The number of carbonyl (C=O) groups is 1. The van der Waals surface area contributed by atoms with E-state index in [0.29, 0.717) is 5.56 Å². The molecule has 0 aromatic heterocycles. The molecule has 3 heteroatoms. The molecule has 2 rings (SSSR count). The van der Waals surface area contributed by atoms with Crippen LogP contribution in [0.4, 0.5) is 0 Å². The molecule has 0 spiro atoms. The normalized spacial score (nSPS) is 17.0.